The van der Waals surface area contributed by atoms with Gasteiger partial charge in [0.25, 0.3) is 0 Å². The van der Waals surface area contributed by atoms with E-state index in [0.29, 0.717) is 25.0 Å². The van der Waals surface area contributed by atoms with E-state index in [1.165, 1.54) is 22.5 Å². The van der Waals surface area contributed by atoms with Crippen LogP contribution in [0.5, 0.6) is 0 Å². The molecule has 0 aromatic heterocycles. The third-order valence-corrected chi connectivity index (χ3v) is 5.91. The molecule has 0 spiro atoms. The highest BCUT2D eigenvalue weighted by Crippen LogP contribution is 2.28. The highest BCUT2D eigenvalue weighted by atomic mass is 32.2. The van der Waals surface area contributed by atoms with Crippen LogP contribution >= 0.6 is 0 Å². The second-order valence-corrected chi connectivity index (χ2v) is 7.16. The number of hydrogen-bond acceptors (Lipinski definition) is 3. The molecule has 2 aliphatic rings. The van der Waals surface area contributed by atoms with Crippen LogP contribution in [0.1, 0.15) is 12.8 Å². The van der Waals surface area contributed by atoms with Crippen molar-refractivity contribution in [3.63, 3.8) is 0 Å². The normalized spacial score (nSPS) is 28.3. The molecule has 0 amide bonds. The van der Waals surface area contributed by atoms with Gasteiger partial charge < -0.3 is 5.32 Å². The molecule has 2 saturated heterocycles. The van der Waals surface area contributed by atoms with Gasteiger partial charge >= 0.3 is 0 Å². The van der Waals surface area contributed by atoms with E-state index in [0.717, 1.165) is 25.5 Å². The maximum atomic E-state index is 13.2. The van der Waals surface area contributed by atoms with Crippen LogP contribution in [0.15, 0.2) is 29.2 Å². The zero-order valence-corrected chi connectivity index (χ0v) is 11.4. The van der Waals surface area contributed by atoms with Gasteiger partial charge in [0.1, 0.15) is 5.82 Å². The number of benzene rings is 1. The second-order valence-electron chi connectivity index (χ2n) is 5.22. The van der Waals surface area contributed by atoms with Crippen molar-refractivity contribution in [2.75, 3.05) is 19.6 Å². The minimum Gasteiger partial charge on any atom is -0.314 e. The summed E-state index contributed by atoms with van der Waals surface area (Å²) in [5.74, 6) is -0.129. The third kappa shape index (κ3) is 2.40. The monoisotopic (exact) mass is 284 g/mol. The fraction of sp³-hybridized carbons (Fsp3) is 0.538. The molecule has 3 rings (SSSR count). The van der Waals surface area contributed by atoms with Crippen molar-refractivity contribution in [1.82, 2.24) is 9.62 Å². The van der Waals surface area contributed by atoms with Crippen molar-refractivity contribution < 1.29 is 12.8 Å². The van der Waals surface area contributed by atoms with Crippen molar-refractivity contribution in [2.45, 2.75) is 23.8 Å². The van der Waals surface area contributed by atoms with E-state index < -0.39 is 15.8 Å². The summed E-state index contributed by atoms with van der Waals surface area (Å²) in [5, 5.41) is 3.40. The molecule has 1 aromatic rings. The lowest BCUT2D eigenvalue weighted by Crippen LogP contribution is -2.46. The first-order valence-corrected chi connectivity index (χ1v) is 8.00. The summed E-state index contributed by atoms with van der Waals surface area (Å²) in [6.45, 7) is 2.01. The van der Waals surface area contributed by atoms with E-state index in [2.05, 4.69) is 5.32 Å². The molecular weight excluding hydrogens is 267 g/mol. The quantitative estimate of drug-likeness (QED) is 0.888. The molecule has 19 heavy (non-hydrogen) atoms. The zero-order chi connectivity index (χ0) is 13.5. The lowest BCUT2D eigenvalue weighted by atomic mass is 9.95. The van der Waals surface area contributed by atoms with Crippen molar-refractivity contribution in [2.24, 2.45) is 5.92 Å². The summed E-state index contributed by atoms with van der Waals surface area (Å²) in [5.41, 5.74) is 0. The molecule has 0 saturated carbocycles. The Morgan fingerprint density at radius 1 is 1.32 bits per heavy atom. The van der Waals surface area contributed by atoms with Crippen LogP contribution in [-0.2, 0) is 10.0 Å². The van der Waals surface area contributed by atoms with Gasteiger partial charge in [0, 0.05) is 19.1 Å². The van der Waals surface area contributed by atoms with Gasteiger partial charge in [-0.3, -0.25) is 0 Å². The molecular formula is C13H17FN2O2S. The Balaban J connectivity index is 1.85. The van der Waals surface area contributed by atoms with Crippen LogP contribution in [0.2, 0.25) is 0 Å². The average Bonchev–Trinajstić information content (AvgIpc) is 2.85. The van der Waals surface area contributed by atoms with Crippen molar-refractivity contribution in [3.05, 3.63) is 30.1 Å². The van der Waals surface area contributed by atoms with Gasteiger partial charge in [-0.15, -0.1) is 0 Å². The highest BCUT2D eigenvalue weighted by molar-refractivity contribution is 7.89. The van der Waals surface area contributed by atoms with Crippen LogP contribution in [0.25, 0.3) is 0 Å². The molecule has 1 aromatic carbocycles. The van der Waals surface area contributed by atoms with E-state index in [1.54, 1.807) is 0 Å². The van der Waals surface area contributed by atoms with Crippen molar-refractivity contribution in [1.29, 1.82) is 0 Å². The molecule has 0 radical (unpaired) electrons. The minimum atomic E-state index is -3.56. The first-order valence-electron chi connectivity index (χ1n) is 6.56. The Morgan fingerprint density at radius 3 is 2.95 bits per heavy atom. The molecule has 0 aliphatic carbocycles. The Bertz CT molecular complexity index is 576. The molecule has 2 atom stereocenters. The molecule has 4 nitrogen and oxygen atoms in total. The first kappa shape index (κ1) is 13.0. The summed E-state index contributed by atoms with van der Waals surface area (Å²) in [7, 11) is -3.56. The number of fused-ring (bicyclic) bond motifs is 1. The Labute approximate surface area is 112 Å². The van der Waals surface area contributed by atoms with Gasteiger partial charge in [-0.1, -0.05) is 6.07 Å². The molecule has 1 N–H and O–H groups in total. The van der Waals surface area contributed by atoms with Crippen LogP contribution < -0.4 is 5.32 Å². The van der Waals surface area contributed by atoms with Crippen LogP contribution in [0.3, 0.4) is 0 Å². The number of nitrogens with one attached hydrogen (secondary N) is 1. The molecule has 0 bridgehead atoms. The van der Waals surface area contributed by atoms with E-state index in [4.69, 9.17) is 0 Å². The smallest absolute Gasteiger partial charge is 0.243 e. The minimum absolute atomic E-state index is 0.0527. The fourth-order valence-electron chi connectivity index (χ4n) is 3.01. The van der Waals surface area contributed by atoms with Gasteiger partial charge in [-0.05, 0) is 43.5 Å². The third-order valence-electron chi connectivity index (χ3n) is 4.05. The predicted octanol–water partition coefficient (Wildman–Crippen LogP) is 1.20. The molecule has 2 unspecified atom stereocenters. The van der Waals surface area contributed by atoms with E-state index in [1.807, 2.05) is 0 Å². The van der Waals surface area contributed by atoms with Crippen molar-refractivity contribution in [3.8, 4) is 0 Å². The van der Waals surface area contributed by atoms with Gasteiger partial charge in [0.2, 0.25) is 10.0 Å². The van der Waals surface area contributed by atoms with Gasteiger partial charge in [0.05, 0.1) is 4.90 Å². The van der Waals surface area contributed by atoms with Gasteiger partial charge in [-0.2, -0.15) is 4.31 Å². The number of halogens is 1. The summed E-state index contributed by atoms with van der Waals surface area (Å²) in [6, 6.07) is 5.68. The number of piperidine rings is 1. The van der Waals surface area contributed by atoms with Crippen LogP contribution in [0.4, 0.5) is 4.39 Å². The van der Waals surface area contributed by atoms with Crippen molar-refractivity contribution >= 4 is 10.0 Å². The standard InChI is InChI=1S/C13H17FN2O2S/c14-11-2-1-3-12(8-11)19(17,18)16-7-5-13-10(9-16)4-6-15-13/h1-3,8,10,13,15H,4-7,9H2. The number of rotatable bonds is 2. The van der Waals surface area contributed by atoms with Crippen LogP contribution in [0, 0.1) is 11.7 Å². The van der Waals surface area contributed by atoms with Gasteiger partial charge in [-0.25, -0.2) is 12.8 Å². The Morgan fingerprint density at radius 2 is 2.16 bits per heavy atom. The summed E-state index contributed by atoms with van der Waals surface area (Å²) in [4.78, 5) is 0.0527. The largest absolute Gasteiger partial charge is 0.314 e. The predicted molar refractivity (Wildman–Crippen MR) is 69.7 cm³/mol. The summed E-state index contributed by atoms with van der Waals surface area (Å²) < 4.78 is 39.6. The summed E-state index contributed by atoms with van der Waals surface area (Å²) >= 11 is 0. The lowest BCUT2D eigenvalue weighted by Gasteiger charge is -2.33. The topological polar surface area (TPSA) is 49.4 Å². The Hall–Kier alpha value is -0.980. The molecule has 2 heterocycles. The summed E-state index contributed by atoms with van der Waals surface area (Å²) in [6.07, 6.45) is 1.85. The second kappa shape index (κ2) is 4.85. The van der Waals surface area contributed by atoms with E-state index in [9.17, 15) is 12.8 Å². The number of nitrogens with zero attached hydrogens (tertiary/aromatic N) is 1. The first-order chi connectivity index (χ1) is 9.07. The molecule has 2 aliphatic heterocycles. The maximum absolute atomic E-state index is 13.2. The van der Waals surface area contributed by atoms with E-state index >= 15 is 0 Å². The molecule has 104 valence electrons. The molecule has 6 heteroatoms. The zero-order valence-electron chi connectivity index (χ0n) is 10.5. The Kier molecular flexibility index (Phi) is 3.32. The van der Waals surface area contributed by atoms with Crippen LogP contribution in [-0.4, -0.2) is 38.4 Å². The number of hydrogen-bond donors (Lipinski definition) is 1. The maximum Gasteiger partial charge on any atom is 0.243 e. The SMILES string of the molecule is O=S(=O)(c1cccc(F)c1)N1CCC2NCCC2C1. The molecule has 2 fully saturated rings. The average molecular weight is 284 g/mol. The van der Waals surface area contributed by atoms with Gasteiger partial charge in [0.15, 0.2) is 0 Å². The lowest BCUT2D eigenvalue weighted by molar-refractivity contribution is 0.247. The highest BCUT2D eigenvalue weighted by Gasteiger charge is 2.37. The fourth-order valence-corrected chi connectivity index (χ4v) is 4.55. The number of sulfonamides is 1. The van der Waals surface area contributed by atoms with E-state index in [-0.39, 0.29) is 4.90 Å².